The second-order valence-electron chi connectivity index (χ2n) is 6.99. The Bertz CT molecular complexity index is 686. The van der Waals surface area contributed by atoms with Crippen LogP contribution in [0, 0.1) is 0 Å². The largest absolute Gasteiger partial charge is 0.385 e. The van der Waals surface area contributed by atoms with Crippen LogP contribution in [0.5, 0.6) is 0 Å². The molecular formula is C22H27NO2. The number of aliphatic hydroxyl groups is 1. The Kier molecular flexibility index (Phi) is 5.67. The lowest BCUT2D eigenvalue weighted by atomic mass is 9.78. The van der Waals surface area contributed by atoms with Gasteiger partial charge in [0.1, 0.15) is 0 Å². The van der Waals surface area contributed by atoms with E-state index in [1.54, 1.807) is 0 Å². The van der Waals surface area contributed by atoms with Crippen LogP contribution in [0.25, 0.3) is 0 Å². The van der Waals surface area contributed by atoms with E-state index < -0.39 is 5.60 Å². The Hall–Kier alpha value is -1.97. The fourth-order valence-corrected chi connectivity index (χ4v) is 3.73. The van der Waals surface area contributed by atoms with Crippen LogP contribution in [-0.4, -0.2) is 34.9 Å². The molecule has 0 spiro atoms. The number of carbonyl (C=O) groups excluding carboxylic acids is 1. The third-order valence-electron chi connectivity index (χ3n) is 5.26. The second-order valence-corrected chi connectivity index (χ2v) is 6.99. The van der Waals surface area contributed by atoms with Crippen LogP contribution in [-0.2, 0) is 5.60 Å². The van der Waals surface area contributed by atoms with Crippen molar-refractivity contribution in [1.29, 1.82) is 0 Å². The average Bonchev–Trinajstić information content (AvgIpc) is 2.68. The molecule has 0 radical (unpaired) electrons. The highest BCUT2D eigenvalue weighted by Crippen LogP contribution is 2.37. The van der Waals surface area contributed by atoms with Crippen molar-refractivity contribution >= 4 is 5.78 Å². The molecule has 2 aromatic rings. The maximum absolute atomic E-state index is 13.1. The zero-order valence-corrected chi connectivity index (χ0v) is 14.9. The minimum absolute atomic E-state index is 0.116. The predicted octanol–water partition coefficient (Wildman–Crippen LogP) is 4.02. The molecule has 3 rings (SSSR count). The maximum atomic E-state index is 13.1. The van der Waals surface area contributed by atoms with Gasteiger partial charge in [-0.15, -0.1) is 0 Å². The molecule has 1 aliphatic rings. The summed E-state index contributed by atoms with van der Waals surface area (Å²) in [7, 11) is 0. The number of benzene rings is 2. The highest BCUT2D eigenvalue weighted by Gasteiger charge is 2.42. The lowest BCUT2D eigenvalue weighted by molar-refractivity contribution is -0.0454. The van der Waals surface area contributed by atoms with E-state index in [1.807, 2.05) is 60.7 Å². The third kappa shape index (κ3) is 4.00. The molecule has 1 aliphatic heterocycles. The molecule has 3 nitrogen and oxygen atoms in total. The number of carbonyl (C=O) groups is 1. The van der Waals surface area contributed by atoms with Gasteiger partial charge >= 0.3 is 0 Å². The highest BCUT2D eigenvalue weighted by atomic mass is 16.3. The van der Waals surface area contributed by atoms with Crippen molar-refractivity contribution in [1.82, 2.24) is 4.90 Å². The summed E-state index contributed by atoms with van der Waals surface area (Å²) < 4.78 is 0. The summed E-state index contributed by atoms with van der Waals surface area (Å²) in [5, 5.41) is 11.3. The van der Waals surface area contributed by atoms with E-state index in [0.717, 1.165) is 37.1 Å². The molecule has 0 bridgehead atoms. The smallest absolute Gasteiger partial charge is 0.180 e. The first-order chi connectivity index (χ1) is 12.1. The van der Waals surface area contributed by atoms with Crippen LogP contribution in [0.4, 0.5) is 0 Å². The number of rotatable bonds is 6. The summed E-state index contributed by atoms with van der Waals surface area (Å²) in [6.45, 7) is 3.82. The van der Waals surface area contributed by atoms with Gasteiger partial charge in [-0.25, -0.2) is 0 Å². The van der Waals surface area contributed by atoms with Gasteiger partial charge in [-0.2, -0.15) is 0 Å². The van der Waals surface area contributed by atoms with Crippen LogP contribution in [0.15, 0.2) is 60.7 Å². The van der Waals surface area contributed by atoms with Crippen molar-refractivity contribution in [3.8, 4) is 0 Å². The zero-order chi connectivity index (χ0) is 17.7. The highest BCUT2D eigenvalue weighted by molar-refractivity contribution is 6.00. The summed E-state index contributed by atoms with van der Waals surface area (Å²) in [6, 6.07) is 19.0. The second kappa shape index (κ2) is 7.94. The Labute approximate surface area is 150 Å². The van der Waals surface area contributed by atoms with Crippen molar-refractivity contribution in [2.24, 2.45) is 0 Å². The number of Topliss-reactive ketones (excluding diaryl/α,β-unsaturated/α-hetero) is 1. The molecule has 0 saturated carbocycles. The number of likely N-dealkylation sites (tertiary alicyclic amines) is 1. The van der Waals surface area contributed by atoms with Crippen LogP contribution in [0.3, 0.4) is 0 Å². The average molecular weight is 337 g/mol. The molecule has 25 heavy (non-hydrogen) atoms. The fraction of sp³-hybridized carbons (Fsp3) is 0.409. The molecule has 0 aliphatic carbocycles. The Morgan fingerprint density at radius 3 is 2.40 bits per heavy atom. The first-order valence-corrected chi connectivity index (χ1v) is 9.25. The van der Waals surface area contributed by atoms with E-state index in [1.165, 1.54) is 0 Å². The molecule has 2 aromatic carbocycles. The summed E-state index contributed by atoms with van der Waals surface area (Å²) in [6.07, 6.45) is 3.29. The zero-order valence-electron chi connectivity index (χ0n) is 14.9. The topological polar surface area (TPSA) is 40.5 Å². The summed E-state index contributed by atoms with van der Waals surface area (Å²) >= 11 is 0. The van der Waals surface area contributed by atoms with Gasteiger partial charge in [0.05, 0.1) is 11.6 Å². The third-order valence-corrected chi connectivity index (χ3v) is 5.26. The molecule has 2 atom stereocenters. The molecular weight excluding hydrogens is 310 g/mol. The standard InChI is InChI=1S/C22H27NO2/c1-2-3-15-23-16-14-22(25,19-12-8-5-9-13-19)17-20(23)21(24)18-10-6-4-7-11-18/h4-13,20,25H,2-3,14-17H2,1H3. The first kappa shape index (κ1) is 17.8. The van der Waals surface area contributed by atoms with Gasteiger partial charge in [-0.1, -0.05) is 74.0 Å². The van der Waals surface area contributed by atoms with Gasteiger partial charge in [0.25, 0.3) is 0 Å². The summed E-state index contributed by atoms with van der Waals surface area (Å²) in [4.78, 5) is 15.4. The first-order valence-electron chi connectivity index (χ1n) is 9.25. The lowest BCUT2D eigenvalue weighted by Gasteiger charge is -2.43. The van der Waals surface area contributed by atoms with Gasteiger partial charge in [0.15, 0.2) is 5.78 Å². The molecule has 1 heterocycles. The molecule has 1 N–H and O–H groups in total. The molecule has 1 fully saturated rings. The molecule has 2 unspecified atom stereocenters. The van der Waals surface area contributed by atoms with Crippen molar-refractivity contribution in [2.75, 3.05) is 13.1 Å². The van der Waals surface area contributed by atoms with Gasteiger partial charge < -0.3 is 5.11 Å². The monoisotopic (exact) mass is 337 g/mol. The Morgan fingerprint density at radius 2 is 1.76 bits per heavy atom. The normalized spacial score (nSPS) is 24.2. The van der Waals surface area contributed by atoms with E-state index in [4.69, 9.17) is 0 Å². The molecule has 3 heteroatoms. The summed E-state index contributed by atoms with van der Waals surface area (Å²) in [5.41, 5.74) is 0.710. The van der Waals surface area contributed by atoms with Crippen LogP contribution < -0.4 is 0 Å². The van der Waals surface area contributed by atoms with E-state index in [2.05, 4.69) is 11.8 Å². The molecule has 1 saturated heterocycles. The van der Waals surface area contributed by atoms with Gasteiger partial charge in [-0.05, 0) is 24.9 Å². The van der Waals surface area contributed by atoms with Crippen LogP contribution >= 0.6 is 0 Å². The Balaban J connectivity index is 1.87. The number of piperidine rings is 1. The minimum atomic E-state index is -0.931. The SMILES string of the molecule is CCCCN1CCC(O)(c2ccccc2)CC1C(=O)c1ccccc1. The van der Waals surface area contributed by atoms with E-state index >= 15 is 0 Å². The van der Waals surface area contributed by atoms with Crippen molar-refractivity contribution < 1.29 is 9.90 Å². The lowest BCUT2D eigenvalue weighted by Crippen LogP contribution is -2.52. The Morgan fingerprint density at radius 1 is 1.12 bits per heavy atom. The summed E-state index contributed by atoms with van der Waals surface area (Å²) in [5.74, 6) is 0.116. The maximum Gasteiger partial charge on any atom is 0.180 e. The number of hydrogen-bond donors (Lipinski definition) is 1. The van der Waals surface area contributed by atoms with Crippen molar-refractivity contribution in [2.45, 2.75) is 44.2 Å². The predicted molar refractivity (Wildman–Crippen MR) is 101 cm³/mol. The van der Waals surface area contributed by atoms with Crippen LogP contribution in [0.2, 0.25) is 0 Å². The molecule has 0 amide bonds. The number of nitrogens with zero attached hydrogens (tertiary/aromatic N) is 1. The quantitative estimate of drug-likeness (QED) is 0.809. The number of ketones is 1. The van der Waals surface area contributed by atoms with Crippen molar-refractivity contribution in [3.05, 3.63) is 71.8 Å². The molecule has 0 aromatic heterocycles. The minimum Gasteiger partial charge on any atom is -0.385 e. The van der Waals surface area contributed by atoms with Gasteiger partial charge in [0.2, 0.25) is 0 Å². The van der Waals surface area contributed by atoms with E-state index in [9.17, 15) is 9.90 Å². The van der Waals surface area contributed by atoms with Crippen LogP contribution in [0.1, 0.15) is 48.5 Å². The fourth-order valence-electron chi connectivity index (χ4n) is 3.73. The van der Waals surface area contributed by atoms with E-state index in [0.29, 0.717) is 12.8 Å². The number of unbranched alkanes of at least 4 members (excludes halogenated alkanes) is 1. The van der Waals surface area contributed by atoms with Gasteiger partial charge in [-0.3, -0.25) is 9.69 Å². The van der Waals surface area contributed by atoms with Crippen molar-refractivity contribution in [3.63, 3.8) is 0 Å². The van der Waals surface area contributed by atoms with E-state index in [-0.39, 0.29) is 11.8 Å². The molecule has 132 valence electrons. The number of hydrogen-bond acceptors (Lipinski definition) is 3. The van der Waals surface area contributed by atoms with Gasteiger partial charge in [0, 0.05) is 18.5 Å².